The zero-order chi connectivity index (χ0) is 22.3. The van der Waals surface area contributed by atoms with E-state index in [4.69, 9.17) is 5.11 Å². The van der Waals surface area contributed by atoms with Gasteiger partial charge in [-0.3, -0.25) is 4.79 Å². The second-order valence-corrected chi connectivity index (χ2v) is 9.05. The second kappa shape index (κ2) is 10.5. The molecule has 2 aromatic carbocycles. The summed E-state index contributed by atoms with van der Waals surface area (Å²) in [5, 5.41) is 13.1. The Hall–Kier alpha value is -3.02. The van der Waals surface area contributed by atoms with Gasteiger partial charge in [-0.25, -0.2) is 4.98 Å². The summed E-state index contributed by atoms with van der Waals surface area (Å²) in [6.07, 6.45) is 10.5. The summed E-state index contributed by atoms with van der Waals surface area (Å²) < 4.78 is 0. The van der Waals surface area contributed by atoms with E-state index in [0.717, 1.165) is 50.9 Å². The molecule has 32 heavy (non-hydrogen) atoms. The van der Waals surface area contributed by atoms with Crippen LogP contribution >= 0.6 is 11.3 Å². The average molecular weight is 445 g/mol. The molecule has 1 saturated carbocycles. The van der Waals surface area contributed by atoms with Crippen molar-refractivity contribution in [1.82, 2.24) is 4.98 Å². The standard InChI is InChI=1S/C27H28N2O2S/c1-2-25-24(9-5-6-18-30)29-27(32-25)28-23-16-14-20(15-17-23)19-10-12-22(13-11-19)26(31)21-7-3-4-8-21/h2,5-6,10-17,21,30H,1,3-4,7-9,18H2,(H,28,29)/b6-5-. The lowest BCUT2D eigenvalue weighted by Gasteiger charge is -2.09. The molecular weight excluding hydrogens is 416 g/mol. The predicted molar refractivity (Wildman–Crippen MR) is 134 cm³/mol. The Morgan fingerprint density at radius 1 is 1.06 bits per heavy atom. The van der Waals surface area contributed by atoms with Crippen molar-refractivity contribution >= 4 is 34.0 Å². The summed E-state index contributed by atoms with van der Waals surface area (Å²) in [6, 6.07) is 16.2. The van der Waals surface area contributed by atoms with Gasteiger partial charge in [-0.1, -0.05) is 85.4 Å². The zero-order valence-electron chi connectivity index (χ0n) is 18.1. The van der Waals surface area contributed by atoms with E-state index < -0.39 is 0 Å². The summed E-state index contributed by atoms with van der Waals surface area (Å²) in [4.78, 5) is 18.3. The molecule has 0 bridgehead atoms. The van der Waals surface area contributed by atoms with Gasteiger partial charge in [0, 0.05) is 23.6 Å². The Morgan fingerprint density at radius 2 is 1.72 bits per heavy atom. The molecule has 1 fully saturated rings. The van der Waals surface area contributed by atoms with Crippen LogP contribution in [0.25, 0.3) is 17.2 Å². The molecular formula is C27H28N2O2S. The summed E-state index contributed by atoms with van der Waals surface area (Å²) in [7, 11) is 0. The summed E-state index contributed by atoms with van der Waals surface area (Å²) in [6.45, 7) is 3.90. The highest BCUT2D eigenvalue weighted by Gasteiger charge is 2.23. The van der Waals surface area contributed by atoms with Crippen LogP contribution in [-0.2, 0) is 6.42 Å². The van der Waals surface area contributed by atoms with E-state index in [1.54, 1.807) is 17.4 Å². The normalized spacial score (nSPS) is 14.2. The number of ketones is 1. The van der Waals surface area contributed by atoms with Gasteiger partial charge in [-0.05, 0) is 36.1 Å². The number of carbonyl (C=O) groups excluding carboxylic acids is 1. The molecule has 1 aliphatic carbocycles. The van der Waals surface area contributed by atoms with E-state index >= 15 is 0 Å². The van der Waals surface area contributed by atoms with Crippen molar-refractivity contribution in [3.8, 4) is 11.1 Å². The molecule has 2 N–H and O–H groups in total. The molecule has 0 aliphatic heterocycles. The van der Waals surface area contributed by atoms with Gasteiger partial charge in [0.2, 0.25) is 0 Å². The van der Waals surface area contributed by atoms with E-state index in [-0.39, 0.29) is 12.5 Å². The number of rotatable bonds is 9. The number of Topliss-reactive ketones (excluding diaryl/α,β-unsaturated/α-hetero) is 1. The molecule has 1 aromatic heterocycles. The molecule has 0 atom stereocenters. The van der Waals surface area contributed by atoms with Crippen LogP contribution in [0.3, 0.4) is 0 Å². The molecule has 3 aromatic rings. The SMILES string of the molecule is C=Cc1sc(Nc2ccc(-c3ccc(C(=O)C4CCCC4)cc3)cc2)nc1C/C=C\CO. The van der Waals surface area contributed by atoms with Gasteiger partial charge in [0.15, 0.2) is 10.9 Å². The smallest absolute Gasteiger partial charge is 0.187 e. The number of allylic oxidation sites excluding steroid dienone is 1. The van der Waals surface area contributed by atoms with Crippen molar-refractivity contribution in [3.63, 3.8) is 0 Å². The fourth-order valence-electron chi connectivity index (χ4n) is 4.11. The highest BCUT2D eigenvalue weighted by atomic mass is 32.1. The van der Waals surface area contributed by atoms with Gasteiger partial charge >= 0.3 is 0 Å². The van der Waals surface area contributed by atoms with Crippen LogP contribution in [0.5, 0.6) is 0 Å². The number of nitrogens with one attached hydrogen (secondary N) is 1. The number of hydrogen-bond acceptors (Lipinski definition) is 5. The third-order valence-electron chi connectivity index (χ3n) is 5.86. The maximum atomic E-state index is 12.6. The molecule has 1 heterocycles. The van der Waals surface area contributed by atoms with Gasteiger partial charge in [-0.2, -0.15) is 0 Å². The Kier molecular flexibility index (Phi) is 7.30. The number of anilines is 2. The molecule has 1 aliphatic rings. The fraction of sp³-hybridized carbons (Fsp3) is 0.259. The van der Waals surface area contributed by atoms with Gasteiger partial charge in [0.25, 0.3) is 0 Å². The van der Waals surface area contributed by atoms with Crippen molar-refractivity contribution < 1.29 is 9.90 Å². The molecule has 0 amide bonds. The van der Waals surface area contributed by atoms with Crippen LogP contribution in [0.2, 0.25) is 0 Å². The molecule has 4 nitrogen and oxygen atoms in total. The average Bonchev–Trinajstić information content (AvgIpc) is 3.50. The van der Waals surface area contributed by atoms with Crippen LogP contribution in [0.4, 0.5) is 10.8 Å². The number of carbonyl (C=O) groups is 1. The first-order valence-corrected chi connectivity index (χ1v) is 11.9. The summed E-state index contributed by atoms with van der Waals surface area (Å²) in [5.74, 6) is 0.507. The van der Waals surface area contributed by atoms with Crippen LogP contribution < -0.4 is 5.32 Å². The number of aliphatic hydroxyl groups is 1. The van der Waals surface area contributed by atoms with Crippen LogP contribution in [0, 0.1) is 5.92 Å². The molecule has 0 spiro atoms. The maximum absolute atomic E-state index is 12.6. The van der Waals surface area contributed by atoms with Crippen LogP contribution in [0.15, 0.2) is 67.3 Å². The van der Waals surface area contributed by atoms with Gasteiger partial charge in [0.05, 0.1) is 17.2 Å². The minimum Gasteiger partial charge on any atom is -0.392 e. The number of benzene rings is 2. The van der Waals surface area contributed by atoms with E-state index in [2.05, 4.69) is 29.0 Å². The third-order valence-corrected chi connectivity index (χ3v) is 6.87. The van der Waals surface area contributed by atoms with Gasteiger partial charge in [0.1, 0.15) is 0 Å². The predicted octanol–water partition coefficient (Wildman–Crippen LogP) is 6.66. The summed E-state index contributed by atoms with van der Waals surface area (Å²) in [5.41, 5.74) is 4.94. The van der Waals surface area contributed by atoms with E-state index in [0.29, 0.717) is 12.2 Å². The molecule has 0 saturated heterocycles. The van der Waals surface area contributed by atoms with Crippen LogP contribution in [-0.4, -0.2) is 22.5 Å². The first-order valence-electron chi connectivity index (χ1n) is 11.1. The van der Waals surface area contributed by atoms with Gasteiger partial charge in [-0.15, -0.1) is 0 Å². The lowest BCUT2D eigenvalue weighted by atomic mass is 9.94. The Bertz CT molecular complexity index is 1090. The minimum absolute atomic E-state index is 0.0323. The summed E-state index contributed by atoms with van der Waals surface area (Å²) >= 11 is 1.56. The maximum Gasteiger partial charge on any atom is 0.187 e. The molecule has 0 radical (unpaired) electrons. The monoisotopic (exact) mass is 444 g/mol. The largest absolute Gasteiger partial charge is 0.392 e. The van der Waals surface area contributed by atoms with E-state index in [1.807, 2.05) is 48.6 Å². The lowest BCUT2D eigenvalue weighted by Crippen LogP contribution is -2.10. The van der Waals surface area contributed by atoms with Crippen molar-refractivity contribution in [1.29, 1.82) is 0 Å². The number of aromatic nitrogens is 1. The molecule has 0 unspecified atom stereocenters. The second-order valence-electron chi connectivity index (χ2n) is 8.02. The topological polar surface area (TPSA) is 62.2 Å². The number of hydrogen-bond donors (Lipinski definition) is 2. The van der Waals surface area contributed by atoms with Crippen LogP contribution in [0.1, 0.15) is 46.6 Å². The highest BCUT2D eigenvalue weighted by Crippen LogP contribution is 2.30. The van der Waals surface area contributed by atoms with Crippen molar-refractivity contribution in [2.45, 2.75) is 32.1 Å². The molecule has 164 valence electrons. The Balaban J connectivity index is 1.42. The lowest BCUT2D eigenvalue weighted by molar-refractivity contribution is 0.0923. The molecule has 4 rings (SSSR count). The van der Waals surface area contributed by atoms with Crippen molar-refractivity contribution in [2.75, 3.05) is 11.9 Å². The van der Waals surface area contributed by atoms with Crippen molar-refractivity contribution in [2.24, 2.45) is 5.92 Å². The quantitative estimate of drug-likeness (QED) is 0.286. The highest BCUT2D eigenvalue weighted by molar-refractivity contribution is 7.16. The van der Waals surface area contributed by atoms with Crippen molar-refractivity contribution in [3.05, 3.63) is 83.4 Å². The van der Waals surface area contributed by atoms with E-state index in [9.17, 15) is 4.79 Å². The van der Waals surface area contributed by atoms with E-state index in [1.165, 1.54) is 12.8 Å². The van der Waals surface area contributed by atoms with Gasteiger partial charge < -0.3 is 10.4 Å². The molecule has 5 heteroatoms. The fourth-order valence-corrected chi connectivity index (χ4v) is 4.98. The third kappa shape index (κ3) is 5.23. The first kappa shape index (κ1) is 22.2. The number of aliphatic hydroxyl groups excluding tert-OH is 1. The Morgan fingerprint density at radius 3 is 2.34 bits per heavy atom. The number of nitrogens with zero attached hydrogens (tertiary/aromatic N) is 1. The Labute approximate surface area is 193 Å². The minimum atomic E-state index is 0.0323. The number of thiazole rings is 1. The zero-order valence-corrected chi connectivity index (χ0v) is 18.9. The first-order chi connectivity index (χ1) is 15.7.